The van der Waals surface area contributed by atoms with Crippen LogP contribution in [0.5, 0.6) is 0 Å². The lowest BCUT2D eigenvalue weighted by molar-refractivity contribution is -0.453. The predicted molar refractivity (Wildman–Crippen MR) is 105 cm³/mol. The molecule has 0 atom stereocenters. The lowest BCUT2D eigenvalue weighted by atomic mass is 10.1. The van der Waals surface area contributed by atoms with Gasteiger partial charge in [-0.3, -0.25) is 0 Å². The zero-order chi connectivity index (χ0) is 20.6. The maximum Gasteiger partial charge on any atom is 0.209 e. The van der Waals surface area contributed by atoms with Crippen LogP contribution < -0.4 is 16.2 Å². The maximum absolute atomic E-state index is 12.7. The molecule has 0 unspecified atom stereocenters. The second kappa shape index (κ2) is 7.55. The second-order valence-corrected chi connectivity index (χ2v) is 8.96. The Kier molecular flexibility index (Phi) is 5.08. The van der Waals surface area contributed by atoms with Crippen molar-refractivity contribution < 1.29 is 17.7 Å². The summed E-state index contributed by atoms with van der Waals surface area (Å²) in [6.45, 7) is -0.0404. The summed E-state index contributed by atoms with van der Waals surface area (Å²) in [6, 6.07) is 8.77. The van der Waals surface area contributed by atoms with Gasteiger partial charge in [-0.05, 0) is 39.1 Å². The van der Waals surface area contributed by atoms with E-state index in [1.807, 2.05) is 31.4 Å². The smallest absolute Gasteiger partial charge is 0.209 e. The molecule has 4 rings (SSSR count). The predicted octanol–water partition coefficient (Wildman–Crippen LogP) is 1.65. The highest BCUT2D eigenvalue weighted by molar-refractivity contribution is 7.95. The monoisotopic (exact) mass is 430 g/mol. The molecule has 0 fully saturated rings. The largest absolute Gasteiger partial charge is 0.329 e. The van der Waals surface area contributed by atoms with Crippen LogP contribution >= 0.6 is 12.0 Å². The third kappa shape index (κ3) is 3.51. The Morgan fingerprint density at radius 1 is 1.17 bits per heavy atom. The fraction of sp³-hybridized carbons (Fsp3) is 0.176. The van der Waals surface area contributed by atoms with Crippen molar-refractivity contribution in [2.75, 3.05) is 19.3 Å². The highest BCUT2D eigenvalue weighted by Crippen LogP contribution is 2.24. The summed E-state index contributed by atoms with van der Waals surface area (Å²) in [5.74, 6) is -0.139. The summed E-state index contributed by atoms with van der Waals surface area (Å²) >= 11 is 0.314. The number of rotatable bonds is 4. The highest BCUT2D eigenvalue weighted by atomic mass is 32.2. The summed E-state index contributed by atoms with van der Waals surface area (Å²) in [4.78, 5) is 0.0600. The average molecular weight is 430 g/mol. The second-order valence-electron chi connectivity index (χ2n) is 6.29. The van der Waals surface area contributed by atoms with Gasteiger partial charge in [0.2, 0.25) is 12.0 Å². The number of hydrogen-bond acceptors (Lipinski definition) is 10. The van der Waals surface area contributed by atoms with E-state index in [9.17, 15) is 13.0 Å². The molecule has 29 heavy (non-hydrogen) atoms. The van der Waals surface area contributed by atoms with Gasteiger partial charge in [0.05, 0.1) is 20.8 Å². The average Bonchev–Trinajstić information content (AvgIpc) is 3.34. The number of fused-ring (bicyclic) bond motifs is 1. The molecule has 2 aromatic carbocycles. The summed E-state index contributed by atoms with van der Waals surface area (Å²) < 4.78 is 37.0. The van der Waals surface area contributed by atoms with E-state index in [0.29, 0.717) is 22.5 Å². The molecule has 0 aromatic heterocycles. The van der Waals surface area contributed by atoms with Crippen molar-refractivity contribution in [3.63, 3.8) is 0 Å². The molecule has 0 saturated heterocycles. The fourth-order valence-electron chi connectivity index (χ4n) is 3.18. The molecular weight excluding hydrogens is 414 g/mol. The maximum atomic E-state index is 12.7. The van der Waals surface area contributed by atoms with Crippen molar-refractivity contribution in [3.8, 4) is 0 Å². The standard InChI is InChI=1S/C17H15N7O3S2/c1-24-9-11-3-2-10(8-13(11)21-24)12-4-5-14(29(26,27)7-6-18)16(28-25)15(12)17-19-22-23-20-17/h2-5,8-9H,6-7,18H2,1H3/p+1. The first kappa shape index (κ1) is 19.5. The first-order valence-corrected chi connectivity index (χ1v) is 10.9. The van der Waals surface area contributed by atoms with Crippen molar-refractivity contribution >= 4 is 39.6 Å². The molecule has 0 saturated carbocycles. The molecule has 10 nitrogen and oxygen atoms in total. The first-order chi connectivity index (χ1) is 13.9. The van der Waals surface area contributed by atoms with E-state index in [1.54, 1.807) is 10.8 Å². The van der Waals surface area contributed by atoms with Crippen LogP contribution in [0, 0.1) is 10.4 Å². The number of nitrogens with zero attached hydrogens (tertiary/aromatic N) is 6. The molecule has 0 spiro atoms. The minimum atomic E-state index is -3.71. The van der Waals surface area contributed by atoms with E-state index in [2.05, 4.69) is 25.8 Å². The van der Waals surface area contributed by atoms with Gasteiger partial charge < -0.3 is 10.3 Å². The third-order valence-corrected chi connectivity index (χ3v) is 6.93. The van der Waals surface area contributed by atoms with E-state index in [4.69, 9.17) is 5.73 Å². The van der Waals surface area contributed by atoms with E-state index in [1.165, 1.54) is 6.07 Å². The molecular formula is C17H16N7O3S2+. The summed E-state index contributed by atoms with van der Waals surface area (Å²) in [5, 5.41) is 21.9. The molecule has 12 heteroatoms. The van der Waals surface area contributed by atoms with E-state index >= 15 is 0 Å². The normalized spacial score (nSPS) is 16.1. The zero-order valence-electron chi connectivity index (χ0n) is 15.2. The van der Waals surface area contributed by atoms with Gasteiger partial charge >= 0.3 is 0 Å². The summed E-state index contributed by atoms with van der Waals surface area (Å²) in [5.41, 5.74) is 6.22. The zero-order valence-corrected chi connectivity index (χ0v) is 16.9. The number of hydrogen-bond donors (Lipinski definition) is 2. The Hall–Kier alpha value is -2.80. The summed E-state index contributed by atoms with van der Waals surface area (Å²) in [7, 11) is -1.88. The van der Waals surface area contributed by atoms with Gasteiger partial charge in [-0.15, -0.1) is 10.2 Å². The number of sulfone groups is 1. The summed E-state index contributed by atoms with van der Waals surface area (Å²) in [6.07, 6.45) is 1.89. The van der Waals surface area contributed by atoms with Gasteiger partial charge in [0.25, 0.3) is 0 Å². The highest BCUT2D eigenvalue weighted by Gasteiger charge is 2.22. The lowest BCUT2D eigenvalue weighted by Gasteiger charge is -2.09. The number of azo groups is 2. The van der Waals surface area contributed by atoms with Crippen LogP contribution in [0.3, 0.4) is 0 Å². The van der Waals surface area contributed by atoms with Crippen molar-refractivity contribution in [3.05, 3.63) is 51.2 Å². The van der Waals surface area contributed by atoms with Crippen LogP contribution in [0.1, 0.15) is 0 Å². The Morgan fingerprint density at radius 3 is 2.62 bits per heavy atom. The SMILES string of the molecule is C[N+]1=Nc2cc(=c3ccc(S(=O)(=O)CCN)c(SO)c3=C3N=NN=N3)ccc2=C1. The molecule has 2 aliphatic rings. The molecule has 2 heterocycles. The van der Waals surface area contributed by atoms with Crippen LogP contribution in [0.2, 0.25) is 0 Å². The van der Waals surface area contributed by atoms with Crippen LogP contribution in [-0.2, 0) is 9.84 Å². The lowest BCUT2D eigenvalue weighted by Crippen LogP contribution is -2.21. The molecule has 0 radical (unpaired) electrons. The molecule has 2 aromatic rings. The van der Waals surface area contributed by atoms with Gasteiger partial charge in [0, 0.05) is 28.9 Å². The van der Waals surface area contributed by atoms with Crippen molar-refractivity contribution in [2.45, 2.75) is 9.79 Å². The molecule has 0 amide bonds. The Labute approximate surface area is 169 Å². The third-order valence-electron chi connectivity index (χ3n) is 4.41. The molecule has 2 aliphatic heterocycles. The van der Waals surface area contributed by atoms with E-state index < -0.39 is 9.84 Å². The van der Waals surface area contributed by atoms with Gasteiger partial charge in [-0.2, -0.15) is 0 Å². The van der Waals surface area contributed by atoms with Gasteiger partial charge in [-0.25, -0.2) is 8.42 Å². The van der Waals surface area contributed by atoms with Gasteiger partial charge in [0.1, 0.15) is 5.69 Å². The van der Waals surface area contributed by atoms with Crippen LogP contribution in [-0.4, -0.2) is 37.0 Å². The van der Waals surface area contributed by atoms with Crippen LogP contribution in [0.4, 0.5) is 5.69 Å². The Balaban J connectivity index is 2.19. The van der Waals surface area contributed by atoms with Crippen molar-refractivity contribution in [1.82, 2.24) is 0 Å². The molecule has 148 valence electrons. The Morgan fingerprint density at radius 2 is 1.93 bits per heavy atom. The van der Waals surface area contributed by atoms with E-state index in [-0.39, 0.29) is 27.9 Å². The minimum Gasteiger partial charge on any atom is -0.329 e. The Bertz CT molecular complexity index is 1420. The fourth-order valence-corrected chi connectivity index (χ4v) is 5.31. The molecule has 0 bridgehead atoms. The van der Waals surface area contributed by atoms with Crippen LogP contribution in [0.15, 0.2) is 65.9 Å². The first-order valence-electron chi connectivity index (χ1n) is 8.48. The van der Waals surface area contributed by atoms with Crippen molar-refractivity contribution in [2.24, 2.45) is 31.5 Å². The minimum absolute atomic E-state index is 0.0404. The van der Waals surface area contributed by atoms with Crippen molar-refractivity contribution in [1.29, 1.82) is 0 Å². The van der Waals surface area contributed by atoms with Crippen LogP contribution in [0.25, 0.3) is 12.0 Å². The molecule has 3 N–H and O–H groups in total. The van der Waals surface area contributed by atoms with E-state index in [0.717, 1.165) is 16.1 Å². The number of nitrogens with two attached hydrogens (primary N) is 1. The topological polar surface area (TPSA) is 145 Å². The number of benzene rings is 2. The van der Waals surface area contributed by atoms with Gasteiger partial charge in [-0.1, -0.05) is 16.8 Å². The molecule has 0 aliphatic carbocycles. The van der Waals surface area contributed by atoms with Gasteiger partial charge in [0.15, 0.2) is 16.9 Å². The quantitative estimate of drug-likeness (QED) is 0.559.